The van der Waals surface area contributed by atoms with Gasteiger partial charge in [-0.3, -0.25) is 14.2 Å². The van der Waals surface area contributed by atoms with Gasteiger partial charge in [-0.05, 0) is 6.92 Å². The molecule has 0 aliphatic heterocycles. The van der Waals surface area contributed by atoms with Crippen molar-refractivity contribution in [3.05, 3.63) is 22.1 Å². The Morgan fingerprint density at radius 1 is 1.47 bits per heavy atom. The molecule has 0 atom stereocenters. The molecule has 0 aromatic carbocycles. The number of nitrogens with zero attached hydrogens (tertiary/aromatic N) is 2. The van der Waals surface area contributed by atoms with Gasteiger partial charge in [-0.15, -0.1) is 0 Å². The first kappa shape index (κ1) is 13.4. The number of aryl methyl sites for hydroxylation is 1. The highest BCUT2D eigenvalue weighted by molar-refractivity contribution is 5.83. The van der Waals surface area contributed by atoms with Crippen LogP contribution in [0.5, 0.6) is 6.01 Å². The first-order valence-corrected chi connectivity index (χ1v) is 5.41. The average Bonchev–Trinajstić information content (AvgIpc) is 2.19. The lowest BCUT2D eigenvalue weighted by Crippen LogP contribution is -2.31. The van der Waals surface area contributed by atoms with Crippen LogP contribution in [-0.2, 0) is 11.3 Å². The molecule has 0 spiro atoms. The molecule has 1 aromatic heterocycles. The Morgan fingerprint density at radius 3 is 2.53 bits per heavy atom. The van der Waals surface area contributed by atoms with E-state index < -0.39 is 5.41 Å². The minimum Gasteiger partial charge on any atom is -0.468 e. The van der Waals surface area contributed by atoms with E-state index in [1.807, 2.05) is 20.8 Å². The fourth-order valence-corrected chi connectivity index (χ4v) is 1.28. The van der Waals surface area contributed by atoms with Crippen LogP contribution in [0.1, 0.15) is 26.5 Å². The van der Waals surface area contributed by atoms with Gasteiger partial charge >= 0.3 is 0 Å². The van der Waals surface area contributed by atoms with E-state index in [4.69, 9.17) is 4.74 Å². The molecule has 0 aliphatic carbocycles. The lowest BCUT2D eigenvalue weighted by atomic mass is 9.91. The number of Topliss-reactive ketones (excluding diaryl/α,β-unsaturated/α-hetero) is 1. The topological polar surface area (TPSA) is 61.2 Å². The molecular weight excluding hydrogens is 220 g/mol. The van der Waals surface area contributed by atoms with Crippen LogP contribution in [0.4, 0.5) is 0 Å². The third kappa shape index (κ3) is 3.15. The first-order valence-electron chi connectivity index (χ1n) is 5.41. The number of methoxy groups -OCH3 is 1. The number of ether oxygens (including phenoxy) is 1. The summed E-state index contributed by atoms with van der Waals surface area (Å²) in [5, 5.41) is 0. The van der Waals surface area contributed by atoms with Gasteiger partial charge in [0.25, 0.3) is 11.6 Å². The molecule has 17 heavy (non-hydrogen) atoms. The Bertz CT molecular complexity index is 484. The summed E-state index contributed by atoms with van der Waals surface area (Å²) in [5.74, 6) is -0.0384. The highest BCUT2D eigenvalue weighted by Gasteiger charge is 2.23. The van der Waals surface area contributed by atoms with Gasteiger partial charge in [0.1, 0.15) is 0 Å². The minimum atomic E-state index is -0.491. The largest absolute Gasteiger partial charge is 0.468 e. The van der Waals surface area contributed by atoms with Crippen molar-refractivity contribution >= 4 is 5.78 Å². The number of aromatic nitrogens is 2. The SMILES string of the molecule is COc1nc(C)cc(=O)n1CC(=O)C(C)(C)C. The number of hydrogen-bond acceptors (Lipinski definition) is 4. The summed E-state index contributed by atoms with van der Waals surface area (Å²) < 4.78 is 6.27. The normalized spacial score (nSPS) is 11.4. The summed E-state index contributed by atoms with van der Waals surface area (Å²) >= 11 is 0. The number of rotatable bonds is 3. The van der Waals surface area contributed by atoms with Crippen molar-refractivity contribution in [1.29, 1.82) is 0 Å². The van der Waals surface area contributed by atoms with Crippen LogP contribution in [0.3, 0.4) is 0 Å². The van der Waals surface area contributed by atoms with Crippen molar-refractivity contribution < 1.29 is 9.53 Å². The van der Waals surface area contributed by atoms with Crippen molar-refractivity contribution in [3.8, 4) is 6.01 Å². The molecule has 0 saturated carbocycles. The summed E-state index contributed by atoms with van der Waals surface area (Å²) in [6.45, 7) is 7.13. The van der Waals surface area contributed by atoms with Gasteiger partial charge in [0, 0.05) is 17.2 Å². The van der Waals surface area contributed by atoms with Crippen LogP contribution in [0, 0.1) is 12.3 Å². The maximum absolute atomic E-state index is 11.9. The van der Waals surface area contributed by atoms with E-state index in [9.17, 15) is 9.59 Å². The van der Waals surface area contributed by atoms with E-state index in [-0.39, 0.29) is 23.9 Å². The monoisotopic (exact) mass is 238 g/mol. The summed E-state index contributed by atoms with van der Waals surface area (Å²) in [6.07, 6.45) is 0. The number of ketones is 1. The van der Waals surface area contributed by atoms with E-state index in [1.165, 1.54) is 17.7 Å². The second-order valence-electron chi connectivity index (χ2n) is 4.98. The predicted molar refractivity (Wildman–Crippen MR) is 64.2 cm³/mol. The van der Waals surface area contributed by atoms with Crippen LogP contribution in [0.2, 0.25) is 0 Å². The van der Waals surface area contributed by atoms with Crippen molar-refractivity contribution in [3.63, 3.8) is 0 Å². The second-order valence-corrected chi connectivity index (χ2v) is 4.98. The molecule has 1 aromatic rings. The number of hydrogen-bond donors (Lipinski definition) is 0. The number of carbonyl (C=O) groups is 1. The Kier molecular flexibility index (Phi) is 3.70. The van der Waals surface area contributed by atoms with Gasteiger partial charge in [0.15, 0.2) is 5.78 Å². The molecule has 94 valence electrons. The molecule has 0 aliphatic rings. The summed E-state index contributed by atoms with van der Waals surface area (Å²) in [5.41, 5.74) is -0.187. The van der Waals surface area contributed by atoms with E-state index in [0.29, 0.717) is 5.69 Å². The van der Waals surface area contributed by atoms with E-state index in [2.05, 4.69) is 4.98 Å². The van der Waals surface area contributed by atoms with Crippen LogP contribution in [-0.4, -0.2) is 22.4 Å². The molecule has 0 bridgehead atoms. The zero-order chi connectivity index (χ0) is 13.2. The Morgan fingerprint density at radius 2 is 2.06 bits per heavy atom. The van der Waals surface area contributed by atoms with Crippen molar-refractivity contribution in [1.82, 2.24) is 9.55 Å². The van der Waals surface area contributed by atoms with Crippen LogP contribution in [0.15, 0.2) is 10.9 Å². The molecule has 5 heteroatoms. The van der Waals surface area contributed by atoms with Gasteiger partial charge in [-0.25, -0.2) is 4.98 Å². The lowest BCUT2D eigenvalue weighted by Gasteiger charge is -2.18. The Balaban J connectivity index is 3.15. The van der Waals surface area contributed by atoms with Gasteiger partial charge in [0.2, 0.25) is 0 Å². The van der Waals surface area contributed by atoms with Crippen LogP contribution < -0.4 is 10.3 Å². The molecule has 1 heterocycles. The third-order valence-electron chi connectivity index (χ3n) is 2.42. The van der Waals surface area contributed by atoms with Gasteiger partial charge in [0.05, 0.1) is 13.7 Å². The van der Waals surface area contributed by atoms with Crippen molar-refractivity contribution in [2.75, 3.05) is 7.11 Å². The molecule has 0 amide bonds. The molecule has 0 unspecified atom stereocenters. The molecule has 0 N–H and O–H groups in total. The van der Waals surface area contributed by atoms with E-state index >= 15 is 0 Å². The smallest absolute Gasteiger partial charge is 0.299 e. The van der Waals surface area contributed by atoms with Crippen molar-refractivity contribution in [2.24, 2.45) is 5.41 Å². The zero-order valence-electron chi connectivity index (χ0n) is 10.9. The quantitative estimate of drug-likeness (QED) is 0.793. The fourth-order valence-electron chi connectivity index (χ4n) is 1.28. The van der Waals surface area contributed by atoms with Gasteiger partial charge in [-0.2, -0.15) is 0 Å². The fraction of sp³-hybridized carbons (Fsp3) is 0.583. The van der Waals surface area contributed by atoms with E-state index in [0.717, 1.165) is 0 Å². The molecule has 0 saturated heterocycles. The van der Waals surface area contributed by atoms with Crippen LogP contribution >= 0.6 is 0 Å². The average molecular weight is 238 g/mol. The van der Waals surface area contributed by atoms with E-state index in [1.54, 1.807) is 6.92 Å². The second kappa shape index (κ2) is 4.69. The molecule has 0 fully saturated rings. The maximum Gasteiger partial charge on any atom is 0.299 e. The summed E-state index contributed by atoms with van der Waals surface area (Å²) in [6, 6.07) is 1.56. The molecule has 0 radical (unpaired) electrons. The number of carbonyl (C=O) groups excluding carboxylic acids is 1. The summed E-state index contributed by atoms with van der Waals surface area (Å²) in [7, 11) is 1.43. The molecule has 1 rings (SSSR count). The Labute approximate surface area is 100 Å². The third-order valence-corrected chi connectivity index (χ3v) is 2.42. The Hall–Kier alpha value is -1.65. The molecular formula is C12H18N2O3. The maximum atomic E-state index is 11.9. The zero-order valence-corrected chi connectivity index (χ0v) is 10.9. The molecule has 5 nitrogen and oxygen atoms in total. The van der Waals surface area contributed by atoms with Gasteiger partial charge < -0.3 is 4.74 Å². The van der Waals surface area contributed by atoms with Gasteiger partial charge in [-0.1, -0.05) is 20.8 Å². The first-order chi connectivity index (χ1) is 7.75. The highest BCUT2D eigenvalue weighted by Crippen LogP contribution is 2.16. The highest BCUT2D eigenvalue weighted by atomic mass is 16.5. The lowest BCUT2D eigenvalue weighted by molar-refractivity contribution is -0.127. The van der Waals surface area contributed by atoms with Crippen molar-refractivity contribution in [2.45, 2.75) is 34.2 Å². The standard InChI is InChI=1S/C12H18N2O3/c1-8-6-10(16)14(11(13-8)17-5)7-9(15)12(2,3)4/h6H,7H2,1-5H3. The minimum absolute atomic E-state index is 0.0151. The summed E-state index contributed by atoms with van der Waals surface area (Å²) in [4.78, 5) is 27.7. The van der Waals surface area contributed by atoms with Crippen LogP contribution in [0.25, 0.3) is 0 Å². The predicted octanol–water partition coefficient (Wildman–Crippen LogP) is 1.18.